The first-order chi connectivity index (χ1) is 14.6. The molecular formula is C25H23FN2O2. The second-order valence-electron chi connectivity index (χ2n) is 7.96. The van der Waals surface area contributed by atoms with Crippen LogP contribution in [0, 0.1) is 34.9 Å². The molecule has 0 spiro atoms. The fourth-order valence-electron chi connectivity index (χ4n) is 4.56. The Morgan fingerprint density at radius 2 is 1.60 bits per heavy atom. The summed E-state index contributed by atoms with van der Waals surface area (Å²) in [5.74, 6) is 5.54. The van der Waals surface area contributed by atoms with E-state index in [1.54, 1.807) is 17.0 Å². The van der Waals surface area contributed by atoms with E-state index in [9.17, 15) is 19.6 Å². The number of aliphatic hydroxyl groups is 1. The van der Waals surface area contributed by atoms with Crippen molar-refractivity contribution in [3.05, 3.63) is 71.0 Å². The summed E-state index contributed by atoms with van der Waals surface area (Å²) in [6.07, 6.45) is 3.85. The summed E-state index contributed by atoms with van der Waals surface area (Å²) in [6, 6.07) is 14.9. The summed E-state index contributed by atoms with van der Waals surface area (Å²) >= 11 is 0. The Balaban J connectivity index is 1.50. The van der Waals surface area contributed by atoms with Crippen molar-refractivity contribution < 1.29 is 14.3 Å². The van der Waals surface area contributed by atoms with Gasteiger partial charge in [0.1, 0.15) is 11.9 Å². The lowest BCUT2D eigenvalue weighted by atomic mass is 9.75. The van der Waals surface area contributed by atoms with Gasteiger partial charge in [-0.05, 0) is 54.8 Å². The topological polar surface area (TPSA) is 64.3 Å². The van der Waals surface area contributed by atoms with E-state index >= 15 is 0 Å². The maximum atomic E-state index is 13.0. The molecule has 2 aromatic rings. The van der Waals surface area contributed by atoms with Gasteiger partial charge in [0.2, 0.25) is 5.91 Å². The molecule has 1 saturated carbocycles. The highest BCUT2D eigenvalue weighted by atomic mass is 19.1. The maximum absolute atomic E-state index is 13.0. The third kappa shape index (κ3) is 3.82. The lowest BCUT2D eigenvalue weighted by Gasteiger charge is -2.52. The van der Waals surface area contributed by atoms with E-state index in [1.807, 2.05) is 24.3 Å². The predicted molar refractivity (Wildman–Crippen MR) is 111 cm³/mol. The molecule has 5 heteroatoms. The number of likely N-dealkylation sites (tertiary alicyclic amines) is 1. The molecule has 2 fully saturated rings. The predicted octanol–water partition coefficient (Wildman–Crippen LogP) is 3.59. The second-order valence-corrected chi connectivity index (χ2v) is 7.96. The molecule has 0 radical (unpaired) electrons. The molecule has 1 aliphatic carbocycles. The van der Waals surface area contributed by atoms with Gasteiger partial charge in [-0.15, -0.1) is 0 Å². The van der Waals surface area contributed by atoms with Crippen molar-refractivity contribution in [1.82, 2.24) is 4.90 Å². The first-order valence-electron chi connectivity index (χ1n) is 10.3. The average Bonchev–Trinajstić information content (AvgIpc) is 3.29. The van der Waals surface area contributed by atoms with Gasteiger partial charge in [-0.2, -0.15) is 5.26 Å². The molecule has 30 heavy (non-hydrogen) atoms. The minimum atomic E-state index is -0.550. The highest BCUT2D eigenvalue weighted by Crippen LogP contribution is 2.42. The van der Waals surface area contributed by atoms with E-state index in [0.29, 0.717) is 0 Å². The fourth-order valence-corrected chi connectivity index (χ4v) is 4.56. The number of benzene rings is 2. The smallest absolute Gasteiger partial charge is 0.227 e. The standard InChI is InChI=1S/C25H23FN2O2/c26-21-13-9-18(10-14-21)6-5-17-7-11-19(12-8-17)24-22(15-27)28(23(24)16-29)25(30)20-3-1-2-4-20/h7-14,20,22-24,29H,1-4,16H2/t22-,23+,24-/m0/s1. The van der Waals surface area contributed by atoms with Crippen LogP contribution >= 0.6 is 0 Å². The van der Waals surface area contributed by atoms with Crippen LogP contribution in [-0.4, -0.2) is 34.6 Å². The van der Waals surface area contributed by atoms with E-state index in [0.717, 1.165) is 42.4 Å². The quantitative estimate of drug-likeness (QED) is 0.798. The molecule has 1 amide bonds. The van der Waals surface area contributed by atoms with Crippen LogP contribution in [0.5, 0.6) is 0 Å². The summed E-state index contributed by atoms with van der Waals surface area (Å²) in [7, 11) is 0. The second kappa shape index (κ2) is 8.69. The van der Waals surface area contributed by atoms with E-state index in [-0.39, 0.29) is 36.2 Å². The molecule has 1 N–H and O–H groups in total. The van der Waals surface area contributed by atoms with Gasteiger partial charge in [0.25, 0.3) is 0 Å². The van der Waals surface area contributed by atoms with E-state index in [2.05, 4.69) is 17.9 Å². The van der Waals surface area contributed by atoms with E-state index < -0.39 is 6.04 Å². The third-order valence-corrected chi connectivity index (χ3v) is 6.18. The van der Waals surface area contributed by atoms with E-state index in [1.165, 1.54) is 12.1 Å². The number of aliphatic hydroxyl groups excluding tert-OH is 1. The van der Waals surface area contributed by atoms with Crippen LogP contribution in [0.25, 0.3) is 0 Å². The Hall–Kier alpha value is -3.15. The molecule has 0 unspecified atom stereocenters. The molecule has 1 heterocycles. The first kappa shape index (κ1) is 20.1. The zero-order valence-electron chi connectivity index (χ0n) is 16.6. The fraction of sp³-hybridized carbons (Fsp3) is 0.360. The van der Waals surface area contributed by atoms with Crippen molar-refractivity contribution in [2.75, 3.05) is 6.61 Å². The molecule has 152 valence electrons. The minimum Gasteiger partial charge on any atom is -0.394 e. The summed E-state index contributed by atoms with van der Waals surface area (Å²) in [4.78, 5) is 14.5. The summed E-state index contributed by atoms with van der Waals surface area (Å²) in [5, 5.41) is 19.6. The minimum absolute atomic E-state index is 0.0103. The summed E-state index contributed by atoms with van der Waals surface area (Å²) in [5.41, 5.74) is 2.45. The molecule has 0 aromatic heterocycles. The van der Waals surface area contributed by atoms with Gasteiger partial charge in [0, 0.05) is 23.0 Å². The SMILES string of the molecule is N#C[C@H]1[C@H](c2ccc(C#Cc3ccc(F)cc3)cc2)[C@@H](CO)N1C(=O)C1CCCC1. The number of hydrogen-bond acceptors (Lipinski definition) is 3. The molecule has 2 aromatic carbocycles. The monoisotopic (exact) mass is 402 g/mol. The van der Waals surface area contributed by atoms with Crippen LogP contribution in [0.1, 0.15) is 48.3 Å². The zero-order chi connectivity index (χ0) is 21.1. The van der Waals surface area contributed by atoms with Gasteiger partial charge in [-0.1, -0.05) is 36.8 Å². The number of amides is 1. The van der Waals surface area contributed by atoms with Gasteiger partial charge in [0.05, 0.1) is 18.7 Å². The molecule has 1 aliphatic heterocycles. The summed E-state index contributed by atoms with van der Waals surface area (Å²) < 4.78 is 13.0. The molecule has 1 saturated heterocycles. The Bertz CT molecular complexity index is 1010. The van der Waals surface area contributed by atoms with Crippen LogP contribution in [0.2, 0.25) is 0 Å². The van der Waals surface area contributed by atoms with Crippen LogP contribution in [0.3, 0.4) is 0 Å². The summed E-state index contributed by atoms with van der Waals surface area (Å²) in [6.45, 7) is -0.159. The van der Waals surface area contributed by atoms with E-state index in [4.69, 9.17) is 0 Å². The van der Waals surface area contributed by atoms with Crippen LogP contribution < -0.4 is 0 Å². The third-order valence-electron chi connectivity index (χ3n) is 6.18. The molecular weight excluding hydrogens is 379 g/mol. The highest BCUT2D eigenvalue weighted by Gasteiger charge is 2.52. The Labute approximate surface area is 175 Å². The van der Waals surface area contributed by atoms with Gasteiger partial charge in [-0.3, -0.25) is 4.79 Å². The Morgan fingerprint density at radius 1 is 1.03 bits per heavy atom. The number of carbonyl (C=O) groups is 1. The van der Waals surface area contributed by atoms with Gasteiger partial charge < -0.3 is 10.0 Å². The molecule has 3 atom stereocenters. The van der Waals surface area contributed by atoms with Crippen LogP contribution in [0.4, 0.5) is 4.39 Å². The van der Waals surface area contributed by atoms with Crippen molar-refractivity contribution in [3.8, 4) is 17.9 Å². The highest BCUT2D eigenvalue weighted by molar-refractivity contribution is 5.82. The van der Waals surface area contributed by atoms with Gasteiger partial charge in [0.15, 0.2) is 0 Å². The average molecular weight is 402 g/mol. The lowest BCUT2D eigenvalue weighted by Crippen LogP contribution is -2.66. The molecule has 4 rings (SSSR count). The van der Waals surface area contributed by atoms with Crippen LogP contribution in [-0.2, 0) is 4.79 Å². The number of halogens is 1. The van der Waals surface area contributed by atoms with Crippen molar-refractivity contribution >= 4 is 5.91 Å². The van der Waals surface area contributed by atoms with Crippen molar-refractivity contribution in [2.24, 2.45) is 5.92 Å². The van der Waals surface area contributed by atoms with Crippen molar-refractivity contribution in [2.45, 2.75) is 43.7 Å². The van der Waals surface area contributed by atoms with Crippen molar-refractivity contribution in [1.29, 1.82) is 5.26 Å². The number of nitrogens with zero attached hydrogens (tertiary/aromatic N) is 2. The number of hydrogen-bond donors (Lipinski definition) is 1. The number of nitriles is 1. The normalized spacial score (nSPS) is 23.2. The van der Waals surface area contributed by atoms with Gasteiger partial charge >= 0.3 is 0 Å². The van der Waals surface area contributed by atoms with Crippen LogP contribution in [0.15, 0.2) is 48.5 Å². The first-order valence-corrected chi connectivity index (χ1v) is 10.3. The number of rotatable bonds is 3. The molecule has 0 bridgehead atoms. The largest absolute Gasteiger partial charge is 0.394 e. The lowest BCUT2D eigenvalue weighted by molar-refractivity contribution is -0.151. The number of carbonyl (C=O) groups excluding carboxylic acids is 1. The molecule has 4 nitrogen and oxygen atoms in total. The van der Waals surface area contributed by atoms with Crippen molar-refractivity contribution in [3.63, 3.8) is 0 Å². The Kier molecular flexibility index (Phi) is 5.84. The van der Waals surface area contributed by atoms with Gasteiger partial charge in [-0.25, -0.2) is 4.39 Å². The molecule has 2 aliphatic rings. The maximum Gasteiger partial charge on any atom is 0.227 e. The Morgan fingerprint density at radius 3 is 2.13 bits per heavy atom. The zero-order valence-corrected chi connectivity index (χ0v) is 16.6.